The third kappa shape index (κ3) is 3.36. The first-order chi connectivity index (χ1) is 13.8. The number of nitrogens with zero attached hydrogens (tertiary/aromatic N) is 3. The summed E-state index contributed by atoms with van der Waals surface area (Å²) in [5.41, 5.74) is 3.44. The van der Waals surface area contributed by atoms with Crippen LogP contribution in [0, 0.1) is 6.92 Å². The van der Waals surface area contributed by atoms with Crippen LogP contribution in [0.4, 0.5) is 0 Å². The highest BCUT2D eigenvalue weighted by molar-refractivity contribution is 5.54. The van der Waals surface area contributed by atoms with Crippen molar-refractivity contribution in [1.29, 1.82) is 0 Å². The Morgan fingerprint density at radius 3 is 2.71 bits per heavy atom. The van der Waals surface area contributed by atoms with E-state index >= 15 is 0 Å². The molecule has 1 fully saturated rings. The minimum Gasteiger partial charge on any atom is -0.486 e. The monoisotopic (exact) mass is 377 g/mol. The molecule has 5 rings (SSSR count). The lowest BCUT2D eigenvalue weighted by molar-refractivity contribution is 0.170. The second kappa shape index (κ2) is 7.28. The lowest BCUT2D eigenvalue weighted by Gasteiger charge is -2.25. The number of hydrogen-bond donors (Lipinski definition) is 0. The number of ether oxygens (including phenoxy) is 2. The van der Waals surface area contributed by atoms with Crippen LogP contribution in [0.3, 0.4) is 0 Å². The van der Waals surface area contributed by atoms with Crippen LogP contribution in [-0.4, -0.2) is 34.8 Å². The van der Waals surface area contributed by atoms with Crippen molar-refractivity contribution < 1.29 is 14.0 Å². The normalized spacial score (nSPS) is 19.1. The fraction of sp³-hybridized carbons (Fsp3) is 0.364. The number of rotatable bonds is 4. The van der Waals surface area contributed by atoms with Gasteiger partial charge < -0.3 is 14.0 Å². The van der Waals surface area contributed by atoms with E-state index in [1.54, 1.807) is 0 Å². The third-order valence-electron chi connectivity index (χ3n) is 5.43. The predicted octanol–water partition coefficient (Wildman–Crippen LogP) is 4.15. The molecule has 28 heavy (non-hydrogen) atoms. The molecule has 0 bridgehead atoms. The Bertz CT molecular complexity index is 967. The summed E-state index contributed by atoms with van der Waals surface area (Å²) in [6, 6.07) is 14.8. The van der Waals surface area contributed by atoms with Gasteiger partial charge in [0.05, 0.1) is 6.54 Å². The van der Waals surface area contributed by atoms with Gasteiger partial charge in [0, 0.05) is 11.6 Å². The number of aryl methyl sites for hydroxylation is 1. The van der Waals surface area contributed by atoms with E-state index in [1.807, 2.05) is 18.2 Å². The predicted molar refractivity (Wildman–Crippen MR) is 104 cm³/mol. The highest BCUT2D eigenvalue weighted by Gasteiger charge is 2.29. The Balaban J connectivity index is 1.33. The first-order valence-electron chi connectivity index (χ1n) is 9.79. The van der Waals surface area contributed by atoms with Gasteiger partial charge in [0.1, 0.15) is 13.2 Å². The molecule has 0 spiro atoms. The van der Waals surface area contributed by atoms with Crippen LogP contribution in [0.15, 0.2) is 47.0 Å². The molecule has 6 nitrogen and oxygen atoms in total. The zero-order valence-electron chi connectivity index (χ0n) is 15.9. The van der Waals surface area contributed by atoms with Crippen LogP contribution in [0.2, 0.25) is 0 Å². The molecule has 3 aromatic rings. The SMILES string of the molecule is Cc1ccc(-c2noc(CN3CCCC3c3ccc4c(c3)OCCO4)n2)cc1. The molecular formula is C22H23N3O3. The summed E-state index contributed by atoms with van der Waals surface area (Å²) in [6.45, 7) is 4.95. The van der Waals surface area contributed by atoms with Crippen molar-refractivity contribution in [3.63, 3.8) is 0 Å². The second-order valence-electron chi connectivity index (χ2n) is 7.41. The molecule has 2 aliphatic rings. The van der Waals surface area contributed by atoms with Crippen molar-refractivity contribution in [3.8, 4) is 22.9 Å². The van der Waals surface area contributed by atoms with Gasteiger partial charge in [0.15, 0.2) is 11.5 Å². The van der Waals surface area contributed by atoms with E-state index in [0.717, 1.165) is 36.4 Å². The number of hydrogen-bond acceptors (Lipinski definition) is 6. The smallest absolute Gasteiger partial charge is 0.241 e. The molecule has 0 saturated carbocycles. The molecule has 1 saturated heterocycles. The molecule has 1 aromatic heterocycles. The molecule has 3 heterocycles. The molecule has 2 aromatic carbocycles. The lowest BCUT2D eigenvalue weighted by Crippen LogP contribution is -2.23. The summed E-state index contributed by atoms with van der Waals surface area (Å²) in [5, 5.41) is 4.16. The molecule has 1 atom stereocenters. The van der Waals surface area contributed by atoms with Gasteiger partial charge in [-0.25, -0.2) is 0 Å². The summed E-state index contributed by atoms with van der Waals surface area (Å²) < 4.78 is 16.9. The van der Waals surface area contributed by atoms with Crippen LogP contribution >= 0.6 is 0 Å². The van der Waals surface area contributed by atoms with E-state index in [4.69, 9.17) is 14.0 Å². The third-order valence-corrected chi connectivity index (χ3v) is 5.43. The Labute approximate surface area is 164 Å². The van der Waals surface area contributed by atoms with Crippen molar-refractivity contribution >= 4 is 0 Å². The highest BCUT2D eigenvalue weighted by atomic mass is 16.6. The number of likely N-dealkylation sites (tertiary alicyclic amines) is 1. The van der Waals surface area contributed by atoms with Gasteiger partial charge in [-0.1, -0.05) is 41.1 Å². The van der Waals surface area contributed by atoms with Crippen molar-refractivity contribution in [2.45, 2.75) is 32.4 Å². The Hall–Kier alpha value is -2.86. The molecule has 0 N–H and O–H groups in total. The van der Waals surface area contributed by atoms with Gasteiger partial charge in [-0.3, -0.25) is 4.90 Å². The van der Waals surface area contributed by atoms with E-state index in [9.17, 15) is 0 Å². The minimum atomic E-state index is 0.325. The van der Waals surface area contributed by atoms with E-state index in [2.05, 4.69) is 46.2 Å². The van der Waals surface area contributed by atoms with E-state index in [1.165, 1.54) is 11.1 Å². The quantitative estimate of drug-likeness (QED) is 0.681. The number of benzene rings is 2. The second-order valence-corrected chi connectivity index (χ2v) is 7.41. The lowest BCUT2D eigenvalue weighted by atomic mass is 10.0. The topological polar surface area (TPSA) is 60.6 Å². The molecule has 2 aliphatic heterocycles. The fourth-order valence-corrected chi connectivity index (χ4v) is 3.97. The fourth-order valence-electron chi connectivity index (χ4n) is 3.97. The minimum absolute atomic E-state index is 0.325. The zero-order chi connectivity index (χ0) is 18.9. The first kappa shape index (κ1) is 17.3. The zero-order valence-corrected chi connectivity index (χ0v) is 15.9. The Kier molecular flexibility index (Phi) is 4.49. The van der Waals surface area contributed by atoms with Crippen molar-refractivity contribution in [3.05, 3.63) is 59.5 Å². The molecule has 1 unspecified atom stereocenters. The molecule has 0 amide bonds. The van der Waals surface area contributed by atoms with Crippen LogP contribution in [0.1, 0.15) is 35.9 Å². The van der Waals surface area contributed by atoms with Crippen LogP contribution < -0.4 is 9.47 Å². The van der Waals surface area contributed by atoms with Gasteiger partial charge in [0.2, 0.25) is 11.7 Å². The average molecular weight is 377 g/mol. The van der Waals surface area contributed by atoms with E-state index in [-0.39, 0.29) is 0 Å². The van der Waals surface area contributed by atoms with Gasteiger partial charge in [-0.15, -0.1) is 0 Å². The van der Waals surface area contributed by atoms with Gasteiger partial charge in [0.25, 0.3) is 0 Å². The summed E-state index contributed by atoms with van der Waals surface area (Å²) in [6.07, 6.45) is 2.26. The molecular weight excluding hydrogens is 354 g/mol. The van der Waals surface area contributed by atoms with Gasteiger partial charge in [-0.2, -0.15) is 4.98 Å². The van der Waals surface area contributed by atoms with Gasteiger partial charge >= 0.3 is 0 Å². The number of aromatic nitrogens is 2. The summed E-state index contributed by atoms with van der Waals surface area (Å²) in [7, 11) is 0. The van der Waals surface area contributed by atoms with Crippen LogP contribution in [0.25, 0.3) is 11.4 Å². The van der Waals surface area contributed by atoms with Crippen molar-refractivity contribution in [1.82, 2.24) is 15.0 Å². The maximum absolute atomic E-state index is 5.75. The van der Waals surface area contributed by atoms with Crippen molar-refractivity contribution in [2.24, 2.45) is 0 Å². The summed E-state index contributed by atoms with van der Waals surface area (Å²) >= 11 is 0. The largest absolute Gasteiger partial charge is 0.486 e. The van der Waals surface area contributed by atoms with E-state index < -0.39 is 0 Å². The Morgan fingerprint density at radius 2 is 1.86 bits per heavy atom. The van der Waals surface area contributed by atoms with Gasteiger partial charge in [-0.05, 0) is 44.0 Å². The molecule has 0 aliphatic carbocycles. The Morgan fingerprint density at radius 1 is 1.04 bits per heavy atom. The molecule has 0 radical (unpaired) electrons. The first-order valence-corrected chi connectivity index (χ1v) is 9.79. The molecule has 144 valence electrons. The maximum atomic E-state index is 5.75. The van der Waals surface area contributed by atoms with E-state index in [0.29, 0.717) is 37.5 Å². The summed E-state index contributed by atoms with van der Waals surface area (Å²) in [4.78, 5) is 7.01. The van der Waals surface area contributed by atoms with Crippen LogP contribution in [0.5, 0.6) is 11.5 Å². The summed E-state index contributed by atoms with van der Waals surface area (Å²) in [5.74, 6) is 2.97. The standard InChI is InChI=1S/C22H23N3O3/c1-15-4-6-16(7-5-15)22-23-21(28-24-22)14-25-10-2-3-18(25)17-8-9-19-20(13-17)27-12-11-26-19/h4-9,13,18H,2-3,10-12,14H2,1H3. The van der Waals surface area contributed by atoms with Crippen molar-refractivity contribution in [2.75, 3.05) is 19.8 Å². The number of fused-ring (bicyclic) bond motifs is 1. The maximum Gasteiger partial charge on any atom is 0.241 e. The molecule has 6 heteroatoms. The van der Waals surface area contributed by atoms with Crippen LogP contribution in [-0.2, 0) is 6.54 Å². The average Bonchev–Trinajstić information content (AvgIpc) is 3.38. The highest BCUT2D eigenvalue weighted by Crippen LogP contribution is 2.38.